The number of rotatable bonds is 3. The van der Waals surface area contributed by atoms with Gasteiger partial charge in [-0.3, -0.25) is 0 Å². The second-order valence-corrected chi connectivity index (χ2v) is 5.04. The van der Waals surface area contributed by atoms with Crippen molar-refractivity contribution in [3.8, 4) is 11.8 Å². The van der Waals surface area contributed by atoms with Crippen LogP contribution < -0.4 is 0 Å². The molecular weight excluding hydrogens is 240 g/mol. The van der Waals surface area contributed by atoms with Crippen LogP contribution in [0.5, 0.6) is 0 Å². The lowest BCUT2D eigenvalue weighted by Crippen LogP contribution is -1.88. The molecule has 1 aliphatic rings. The van der Waals surface area contributed by atoms with Crippen molar-refractivity contribution in [2.45, 2.75) is 47.5 Å². The van der Waals surface area contributed by atoms with E-state index in [2.05, 4.69) is 57.9 Å². The largest absolute Gasteiger partial charge is 0.0956 e. The first-order valence-electron chi connectivity index (χ1n) is 7.43. The first-order chi connectivity index (χ1) is 9.49. The Morgan fingerprint density at radius 1 is 1.15 bits per heavy atom. The molecule has 108 valence electrons. The maximum atomic E-state index is 3.99. The summed E-state index contributed by atoms with van der Waals surface area (Å²) in [5, 5.41) is 0. The minimum atomic E-state index is 0.469. The third-order valence-electron chi connectivity index (χ3n) is 2.98. The first kappa shape index (κ1) is 18.3. The molecule has 0 nitrogen and oxygen atoms in total. The van der Waals surface area contributed by atoms with E-state index in [1.807, 2.05) is 26.0 Å². The molecule has 1 rings (SSSR count). The van der Waals surface area contributed by atoms with Crippen LogP contribution in [-0.2, 0) is 0 Å². The van der Waals surface area contributed by atoms with Gasteiger partial charge in [0.15, 0.2) is 0 Å². The van der Waals surface area contributed by atoms with Crippen LogP contribution in [0.4, 0.5) is 0 Å². The van der Waals surface area contributed by atoms with Gasteiger partial charge < -0.3 is 0 Å². The van der Waals surface area contributed by atoms with Crippen molar-refractivity contribution >= 4 is 0 Å². The summed E-state index contributed by atoms with van der Waals surface area (Å²) in [4.78, 5) is 0. The molecule has 0 aromatic rings. The van der Waals surface area contributed by atoms with Crippen LogP contribution in [0.3, 0.4) is 0 Å². The van der Waals surface area contributed by atoms with Gasteiger partial charge in [0.1, 0.15) is 0 Å². The van der Waals surface area contributed by atoms with Gasteiger partial charge in [-0.1, -0.05) is 82.1 Å². The minimum Gasteiger partial charge on any atom is -0.0956 e. The van der Waals surface area contributed by atoms with Crippen LogP contribution in [0.15, 0.2) is 59.8 Å². The molecule has 0 aromatic carbocycles. The Labute approximate surface area is 125 Å². The Bertz CT molecular complexity index is 482. The van der Waals surface area contributed by atoms with Gasteiger partial charge in [-0.05, 0) is 31.8 Å². The molecule has 0 fully saturated rings. The summed E-state index contributed by atoms with van der Waals surface area (Å²) >= 11 is 0. The van der Waals surface area contributed by atoms with Gasteiger partial charge in [-0.2, -0.15) is 0 Å². The zero-order valence-electron chi connectivity index (χ0n) is 13.7. The monoisotopic (exact) mass is 268 g/mol. The van der Waals surface area contributed by atoms with Gasteiger partial charge in [-0.15, -0.1) is 0 Å². The highest BCUT2D eigenvalue weighted by Crippen LogP contribution is 2.16. The van der Waals surface area contributed by atoms with E-state index in [4.69, 9.17) is 0 Å². The molecule has 0 atom stereocenters. The Kier molecular flexibility index (Phi) is 9.22. The maximum Gasteiger partial charge on any atom is 0.0177 e. The zero-order valence-corrected chi connectivity index (χ0v) is 13.7. The average molecular weight is 268 g/mol. The highest BCUT2D eigenvalue weighted by Gasteiger charge is 1.99. The van der Waals surface area contributed by atoms with Gasteiger partial charge in [0, 0.05) is 11.1 Å². The number of hydrogen-bond acceptors (Lipinski definition) is 0. The van der Waals surface area contributed by atoms with Crippen LogP contribution in [0.25, 0.3) is 0 Å². The second-order valence-electron chi connectivity index (χ2n) is 5.04. The molecule has 0 saturated carbocycles. The summed E-state index contributed by atoms with van der Waals surface area (Å²) in [6.45, 7) is 18.3. The Morgan fingerprint density at radius 2 is 1.80 bits per heavy atom. The molecule has 0 unspecified atom stereocenters. The molecule has 0 radical (unpaired) electrons. The lowest BCUT2D eigenvalue weighted by Gasteiger charge is -2.05. The standard InChI is InChI=1S/C18H22.C2H6/c1-14(2)17(5)10-6-15(3)7-11-18-12-8-16(4)9-13-18;1-2/h6,8,10,12,14H,3,5,9,13H2,1-2,4H3;1-2H3/b10-6-;. The molecule has 0 aromatic heterocycles. The molecule has 0 spiro atoms. The number of hydrogen-bond donors (Lipinski definition) is 0. The van der Waals surface area contributed by atoms with E-state index >= 15 is 0 Å². The van der Waals surface area contributed by atoms with Crippen LogP contribution in [-0.4, -0.2) is 0 Å². The molecule has 0 saturated heterocycles. The van der Waals surface area contributed by atoms with Crippen molar-refractivity contribution in [3.05, 3.63) is 59.8 Å². The Morgan fingerprint density at radius 3 is 2.30 bits per heavy atom. The summed E-state index contributed by atoms with van der Waals surface area (Å²) in [5.41, 5.74) is 4.56. The lowest BCUT2D eigenvalue weighted by molar-refractivity contribution is 0.795. The first-order valence-corrected chi connectivity index (χ1v) is 7.43. The van der Waals surface area contributed by atoms with E-state index in [0.29, 0.717) is 5.92 Å². The predicted octanol–water partition coefficient (Wildman–Crippen LogP) is 6.01. The lowest BCUT2D eigenvalue weighted by atomic mass is 9.99. The van der Waals surface area contributed by atoms with Crippen molar-refractivity contribution < 1.29 is 0 Å². The van der Waals surface area contributed by atoms with E-state index in [-0.39, 0.29) is 0 Å². The fourth-order valence-corrected chi connectivity index (χ4v) is 1.45. The van der Waals surface area contributed by atoms with Gasteiger partial charge in [0.05, 0.1) is 0 Å². The predicted molar refractivity (Wildman–Crippen MR) is 92.5 cm³/mol. The Hall–Kier alpha value is -1.74. The third kappa shape index (κ3) is 7.64. The van der Waals surface area contributed by atoms with Crippen LogP contribution in [0, 0.1) is 17.8 Å². The van der Waals surface area contributed by atoms with E-state index in [1.54, 1.807) is 0 Å². The minimum absolute atomic E-state index is 0.469. The fourth-order valence-electron chi connectivity index (χ4n) is 1.45. The molecule has 1 aliphatic carbocycles. The van der Waals surface area contributed by atoms with Crippen molar-refractivity contribution in [2.75, 3.05) is 0 Å². The van der Waals surface area contributed by atoms with E-state index in [9.17, 15) is 0 Å². The molecule has 0 bridgehead atoms. The molecule has 0 N–H and O–H groups in total. The number of allylic oxidation sites excluding steroid dienone is 8. The van der Waals surface area contributed by atoms with Crippen LogP contribution >= 0.6 is 0 Å². The van der Waals surface area contributed by atoms with Crippen LogP contribution in [0.2, 0.25) is 0 Å². The summed E-state index contributed by atoms with van der Waals surface area (Å²) in [7, 11) is 0. The van der Waals surface area contributed by atoms with Crippen molar-refractivity contribution in [2.24, 2.45) is 5.92 Å². The quantitative estimate of drug-likeness (QED) is 0.434. The van der Waals surface area contributed by atoms with Crippen molar-refractivity contribution in [3.63, 3.8) is 0 Å². The summed E-state index contributed by atoms with van der Waals surface area (Å²) in [6, 6.07) is 0. The van der Waals surface area contributed by atoms with Crippen molar-refractivity contribution in [1.29, 1.82) is 0 Å². The smallest absolute Gasteiger partial charge is 0.0177 e. The highest BCUT2D eigenvalue weighted by molar-refractivity contribution is 5.45. The molecular formula is C20H28. The van der Waals surface area contributed by atoms with Gasteiger partial charge >= 0.3 is 0 Å². The molecule has 0 heteroatoms. The van der Waals surface area contributed by atoms with Crippen LogP contribution in [0.1, 0.15) is 47.5 Å². The van der Waals surface area contributed by atoms with Gasteiger partial charge in [0.25, 0.3) is 0 Å². The molecule has 0 aliphatic heterocycles. The fraction of sp³-hybridized carbons (Fsp3) is 0.400. The summed E-state index contributed by atoms with van der Waals surface area (Å²) < 4.78 is 0. The normalized spacial score (nSPS) is 13.7. The average Bonchev–Trinajstić information content (AvgIpc) is 2.46. The van der Waals surface area contributed by atoms with E-state index < -0.39 is 0 Å². The zero-order chi connectivity index (χ0) is 15.5. The summed E-state index contributed by atoms with van der Waals surface area (Å²) in [5.74, 6) is 6.74. The van der Waals surface area contributed by atoms with Gasteiger partial charge in [0.2, 0.25) is 0 Å². The van der Waals surface area contributed by atoms with Gasteiger partial charge in [-0.25, -0.2) is 0 Å². The maximum absolute atomic E-state index is 3.99. The van der Waals surface area contributed by atoms with Crippen molar-refractivity contribution in [1.82, 2.24) is 0 Å². The highest BCUT2D eigenvalue weighted by atomic mass is 14.0. The second kappa shape index (κ2) is 10.1. The molecule has 0 heterocycles. The molecule has 20 heavy (non-hydrogen) atoms. The SMILES string of the molecule is C=C(C#CC1=CC=C(C)CC1)/C=C\C(=C)C(C)C.CC. The summed E-state index contributed by atoms with van der Waals surface area (Å²) in [6.07, 6.45) is 10.4. The van der Waals surface area contributed by atoms with E-state index in [1.165, 1.54) is 11.1 Å². The Balaban J connectivity index is 0.00000172. The third-order valence-corrected chi connectivity index (χ3v) is 2.98. The van der Waals surface area contributed by atoms with E-state index in [0.717, 1.165) is 24.0 Å². The molecule has 0 amide bonds. The topological polar surface area (TPSA) is 0 Å².